The standard InChI is InChI=1S/C34H31FN4O/c1-23-28-12-6-5-11-25(28)15-18-39(23)34(40)26-19-30(24-9-3-2-4-10-24)33-36-32(22-38(33)21-26)29-14-13-27(20-31(29)35)37-16-7-8-17-37/h2-6,9-14,19-23H,7-8,15-18H2,1H3. The first-order chi connectivity index (χ1) is 19.6. The van der Waals surface area contributed by atoms with Crippen molar-refractivity contribution >= 4 is 17.2 Å². The van der Waals surface area contributed by atoms with Crippen molar-refractivity contribution in [3.63, 3.8) is 0 Å². The second-order valence-corrected chi connectivity index (χ2v) is 10.8. The summed E-state index contributed by atoms with van der Waals surface area (Å²) in [7, 11) is 0. The molecule has 0 saturated carbocycles. The molecule has 0 radical (unpaired) electrons. The van der Waals surface area contributed by atoms with Gasteiger partial charge in [0, 0.05) is 48.8 Å². The topological polar surface area (TPSA) is 40.9 Å². The fraction of sp³-hybridized carbons (Fsp3) is 0.235. The molecule has 0 bridgehead atoms. The summed E-state index contributed by atoms with van der Waals surface area (Å²) in [6.07, 6.45) is 6.79. The van der Waals surface area contributed by atoms with Gasteiger partial charge >= 0.3 is 0 Å². The Bertz CT molecular complexity index is 1720. The highest BCUT2D eigenvalue weighted by Gasteiger charge is 2.29. The van der Waals surface area contributed by atoms with Crippen LogP contribution in [0.2, 0.25) is 0 Å². The van der Waals surface area contributed by atoms with E-state index in [1.54, 1.807) is 6.07 Å². The van der Waals surface area contributed by atoms with E-state index in [9.17, 15) is 4.79 Å². The molecule has 1 saturated heterocycles. The second-order valence-electron chi connectivity index (χ2n) is 10.8. The number of rotatable bonds is 4. The largest absolute Gasteiger partial charge is 0.371 e. The zero-order valence-electron chi connectivity index (χ0n) is 22.6. The van der Waals surface area contributed by atoms with Gasteiger partial charge in [-0.25, -0.2) is 9.37 Å². The number of hydrogen-bond acceptors (Lipinski definition) is 3. The fourth-order valence-electron chi connectivity index (χ4n) is 6.27. The number of benzene rings is 3. The Morgan fingerprint density at radius 3 is 2.45 bits per heavy atom. The molecule has 6 heteroatoms. The molecule has 0 spiro atoms. The Kier molecular flexibility index (Phi) is 6.11. The highest BCUT2D eigenvalue weighted by Crippen LogP contribution is 2.34. The van der Waals surface area contributed by atoms with Gasteiger partial charge < -0.3 is 14.2 Å². The van der Waals surface area contributed by atoms with Crippen molar-refractivity contribution < 1.29 is 9.18 Å². The number of aromatic nitrogens is 2. The zero-order valence-corrected chi connectivity index (χ0v) is 22.6. The predicted molar refractivity (Wildman–Crippen MR) is 157 cm³/mol. The summed E-state index contributed by atoms with van der Waals surface area (Å²) >= 11 is 0. The summed E-state index contributed by atoms with van der Waals surface area (Å²) in [5.41, 5.74) is 7.51. The van der Waals surface area contributed by atoms with Crippen LogP contribution in [0.3, 0.4) is 0 Å². The van der Waals surface area contributed by atoms with Crippen LogP contribution in [0.4, 0.5) is 10.1 Å². The molecule has 1 unspecified atom stereocenters. The summed E-state index contributed by atoms with van der Waals surface area (Å²) < 4.78 is 17.3. The molecule has 1 fully saturated rings. The number of hydrogen-bond donors (Lipinski definition) is 0. The van der Waals surface area contributed by atoms with E-state index in [4.69, 9.17) is 4.98 Å². The van der Waals surface area contributed by atoms with Crippen molar-refractivity contribution in [1.82, 2.24) is 14.3 Å². The lowest BCUT2D eigenvalue weighted by atomic mass is 9.93. The minimum atomic E-state index is -0.286. The average molecular weight is 531 g/mol. The molecule has 5 nitrogen and oxygen atoms in total. The Balaban J connectivity index is 1.30. The molecule has 5 aromatic rings. The molecular formula is C34H31FN4O. The lowest BCUT2D eigenvalue weighted by Crippen LogP contribution is -2.38. The monoisotopic (exact) mass is 530 g/mol. The number of anilines is 1. The highest BCUT2D eigenvalue weighted by molar-refractivity contribution is 5.97. The summed E-state index contributed by atoms with van der Waals surface area (Å²) in [6, 6.07) is 25.7. The highest BCUT2D eigenvalue weighted by atomic mass is 19.1. The van der Waals surface area contributed by atoms with Crippen LogP contribution >= 0.6 is 0 Å². The van der Waals surface area contributed by atoms with Gasteiger partial charge in [-0.15, -0.1) is 0 Å². The van der Waals surface area contributed by atoms with E-state index in [0.717, 1.165) is 49.2 Å². The maximum atomic E-state index is 15.4. The summed E-state index contributed by atoms with van der Waals surface area (Å²) in [4.78, 5) is 23.0. The number of imidazole rings is 1. The second kappa shape index (κ2) is 9.94. The average Bonchev–Trinajstić information content (AvgIpc) is 3.68. The fourth-order valence-corrected chi connectivity index (χ4v) is 6.27. The summed E-state index contributed by atoms with van der Waals surface area (Å²) in [6.45, 7) is 4.69. The van der Waals surface area contributed by atoms with E-state index in [1.807, 2.05) is 76.3 Å². The van der Waals surface area contributed by atoms with Crippen LogP contribution in [0.15, 0.2) is 91.3 Å². The van der Waals surface area contributed by atoms with Crippen LogP contribution in [0.1, 0.15) is 47.3 Å². The molecule has 0 aliphatic carbocycles. The minimum absolute atomic E-state index is 0.0162. The van der Waals surface area contributed by atoms with E-state index >= 15 is 4.39 Å². The number of pyridine rings is 1. The van der Waals surface area contributed by atoms with Crippen LogP contribution in [0, 0.1) is 5.82 Å². The Morgan fingerprint density at radius 1 is 0.875 bits per heavy atom. The SMILES string of the molecule is CC1c2ccccc2CCN1C(=O)c1cc(-c2ccccc2)c2nc(-c3ccc(N4CCCC4)cc3F)cn2c1. The van der Waals surface area contributed by atoms with E-state index in [0.29, 0.717) is 29.0 Å². The molecule has 2 aliphatic heterocycles. The van der Waals surface area contributed by atoms with Gasteiger partial charge in [-0.05, 0) is 67.1 Å². The van der Waals surface area contributed by atoms with E-state index in [-0.39, 0.29) is 17.8 Å². The van der Waals surface area contributed by atoms with Crippen LogP contribution < -0.4 is 4.90 Å². The van der Waals surface area contributed by atoms with Gasteiger partial charge in [-0.3, -0.25) is 4.79 Å². The van der Waals surface area contributed by atoms with Crippen molar-refractivity contribution in [3.8, 4) is 22.4 Å². The van der Waals surface area contributed by atoms with Gasteiger partial charge in [0.1, 0.15) is 11.5 Å². The quantitative estimate of drug-likeness (QED) is 0.247. The van der Waals surface area contributed by atoms with Gasteiger partial charge in [0.05, 0.1) is 17.3 Å². The first-order valence-electron chi connectivity index (χ1n) is 14.1. The Hall–Kier alpha value is -4.45. The number of amides is 1. The van der Waals surface area contributed by atoms with Crippen molar-refractivity contribution in [2.45, 2.75) is 32.2 Å². The van der Waals surface area contributed by atoms with Crippen LogP contribution in [-0.4, -0.2) is 39.8 Å². The van der Waals surface area contributed by atoms with Gasteiger partial charge in [0.15, 0.2) is 0 Å². The lowest BCUT2D eigenvalue weighted by Gasteiger charge is -2.35. The third-order valence-electron chi connectivity index (χ3n) is 8.44. The van der Waals surface area contributed by atoms with E-state index in [1.165, 1.54) is 11.1 Å². The van der Waals surface area contributed by atoms with Crippen LogP contribution in [0.5, 0.6) is 0 Å². The summed E-state index contributed by atoms with van der Waals surface area (Å²) in [5.74, 6) is -0.302. The maximum absolute atomic E-state index is 15.4. The normalized spacial score (nSPS) is 16.9. The minimum Gasteiger partial charge on any atom is -0.371 e. The third kappa shape index (κ3) is 4.24. The molecule has 1 amide bonds. The molecule has 2 aliphatic rings. The molecule has 0 N–H and O–H groups in total. The molecule has 40 heavy (non-hydrogen) atoms. The molecule has 4 heterocycles. The van der Waals surface area contributed by atoms with Crippen molar-refractivity contribution in [3.05, 3.63) is 114 Å². The first kappa shape index (κ1) is 24.6. The van der Waals surface area contributed by atoms with Crippen molar-refractivity contribution in [2.75, 3.05) is 24.5 Å². The van der Waals surface area contributed by atoms with Crippen LogP contribution in [-0.2, 0) is 6.42 Å². The number of halogens is 1. The van der Waals surface area contributed by atoms with Gasteiger partial charge in [0.2, 0.25) is 0 Å². The Morgan fingerprint density at radius 2 is 1.65 bits per heavy atom. The molecule has 1 atom stereocenters. The molecular weight excluding hydrogens is 499 g/mol. The predicted octanol–water partition coefficient (Wildman–Crippen LogP) is 7.17. The molecule has 3 aromatic carbocycles. The first-order valence-corrected chi connectivity index (χ1v) is 14.1. The maximum Gasteiger partial charge on any atom is 0.255 e. The molecule has 200 valence electrons. The van der Waals surface area contributed by atoms with E-state index < -0.39 is 0 Å². The van der Waals surface area contributed by atoms with E-state index in [2.05, 4.69) is 30.0 Å². The number of carbonyl (C=O) groups excluding carboxylic acids is 1. The zero-order chi connectivity index (χ0) is 27.2. The van der Waals surface area contributed by atoms with Gasteiger partial charge in [0.25, 0.3) is 5.91 Å². The molecule has 7 rings (SSSR count). The number of carbonyl (C=O) groups is 1. The lowest BCUT2D eigenvalue weighted by molar-refractivity contribution is 0.0677. The van der Waals surface area contributed by atoms with Crippen LogP contribution in [0.25, 0.3) is 28.0 Å². The van der Waals surface area contributed by atoms with Gasteiger partial charge in [-0.2, -0.15) is 0 Å². The van der Waals surface area contributed by atoms with Crippen molar-refractivity contribution in [2.24, 2.45) is 0 Å². The molecule has 2 aromatic heterocycles. The third-order valence-corrected chi connectivity index (χ3v) is 8.44. The smallest absolute Gasteiger partial charge is 0.255 e. The summed E-state index contributed by atoms with van der Waals surface area (Å²) in [5, 5.41) is 0. The number of fused-ring (bicyclic) bond motifs is 2. The Labute approximate surface area is 233 Å². The van der Waals surface area contributed by atoms with Gasteiger partial charge in [-0.1, -0.05) is 54.6 Å². The van der Waals surface area contributed by atoms with Crippen molar-refractivity contribution in [1.29, 1.82) is 0 Å². The number of nitrogens with zero attached hydrogens (tertiary/aromatic N) is 4.